The van der Waals surface area contributed by atoms with Crippen LogP contribution in [0, 0.1) is 0 Å². The molecule has 0 spiro atoms. The van der Waals surface area contributed by atoms with Gasteiger partial charge in [-0.2, -0.15) is 12.6 Å². The van der Waals surface area contributed by atoms with Gasteiger partial charge in [0.05, 0.1) is 0 Å². The molecule has 0 fully saturated rings. The summed E-state index contributed by atoms with van der Waals surface area (Å²) in [7, 11) is 0. The molecule has 0 aliphatic carbocycles. The van der Waals surface area contributed by atoms with E-state index < -0.39 is 18.0 Å². The molecule has 0 aliphatic heterocycles. The molecule has 0 rings (SSSR count). The predicted molar refractivity (Wildman–Crippen MR) is 91.9 cm³/mol. The summed E-state index contributed by atoms with van der Waals surface area (Å²) in [5, 5.41) is 0. The van der Waals surface area contributed by atoms with E-state index in [2.05, 4.69) is 24.3 Å². The Hall–Kier alpha value is 0.450. The van der Waals surface area contributed by atoms with Gasteiger partial charge in [0.25, 0.3) is 0 Å². The molecule has 0 saturated heterocycles. The Kier molecular flexibility index (Phi) is 19.0. The van der Waals surface area contributed by atoms with Gasteiger partial charge in [0.15, 0.2) is 0 Å². The van der Waals surface area contributed by atoms with Crippen LogP contribution in [0.25, 0.3) is 0 Å². The number of hydrogen-bond donors (Lipinski definition) is 2. The van der Waals surface area contributed by atoms with E-state index in [1.165, 1.54) is 38.5 Å². The number of ether oxygens (including phenoxy) is 1. The topological polar surface area (TPSA) is 69.4 Å². The molecule has 0 unspecified atom stereocenters. The Bertz CT molecular complexity index is 278. The summed E-state index contributed by atoms with van der Waals surface area (Å²) < 4.78 is 4.62. The zero-order valence-corrected chi connectivity index (χ0v) is 13.5. The van der Waals surface area contributed by atoms with Crippen LogP contribution in [-0.2, 0) is 14.3 Å². The minimum atomic E-state index is -0.814. The predicted octanol–water partition coefficient (Wildman–Crippen LogP) is 2.59. The van der Waals surface area contributed by atoms with Crippen molar-refractivity contribution in [1.29, 1.82) is 0 Å². The normalized spacial score (nSPS) is 11.6. The fraction of sp³-hybridized carbons (Fsp3) is 0.867. The van der Waals surface area contributed by atoms with E-state index in [9.17, 15) is 9.59 Å². The van der Waals surface area contributed by atoms with E-state index in [1.807, 2.05) is 0 Å². The molecule has 6 heteroatoms. The van der Waals surface area contributed by atoms with Crippen LogP contribution in [0.1, 0.15) is 71.1 Å². The van der Waals surface area contributed by atoms with Crippen molar-refractivity contribution in [3.63, 3.8) is 0 Å². The molecular weight excluding hydrogens is 297 g/mol. The van der Waals surface area contributed by atoms with Crippen molar-refractivity contribution in [2.24, 2.45) is 5.73 Å². The van der Waals surface area contributed by atoms with Gasteiger partial charge in [0, 0.05) is 12.2 Å². The second-order valence-electron chi connectivity index (χ2n) is 5.16. The van der Waals surface area contributed by atoms with Crippen molar-refractivity contribution < 1.29 is 14.3 Å². The molecule has 0 bridgehead atoms. The van der Waals surface area contributed by atoms with Crippen molar-refractivity contribution in [2.75, 3.05) is 5.75 Å². The van der Waals surface area contributed by atoms with Gasteiger partial charge in [-0.15, -0.1) is 0 Å². The van der Waals surface area contributed by atoms with E-state index in [4.69, 9.17) is 5.73 Å². The second kappa shape index (κ2) is 16.8. The first-order chi connectivity index (χ1) is 9.61. The van der Waals surface area contributed by atoms with Crippen LogP contribution < -0.4 is 5.73 Å². The van der Waals surface area contributed by atoms with Gasteiger partial charge in [0.2, 0.25) is 0 Å². The zero-order chi connectivity index (χ0) is 15.2. The van der Waals surface area contributed by atoms with E-state index in [1.54, 1.807) is 0 Å². The van der Waals surface area contributed by atoms with Crippen LogP contribution in [0.3, 0.4) is 0 Å². The van der Waals surface area contributed by atoms with E-state index in [0.29, 0.717) is 6.42 Å². The summed E-state index contributed by atoms with van der Waals surface area (Å²) >= 11 is 3.88. The quantitative estimate of drug-likeness (QED) is 0.190. The first kappa shape index (κ1) is 23.7. The number of rotatable bonds is 12. The summed E-state index contributed by atoms with van der Waals surface area (Å²) in [5.41, 5.74) is 5.41. The van der Waals surface area contributed by atoms with Crippen molar-refractivity contribution in [3.8, 4) is 0 Å². The maximum atomic E-state index is 11.4. The van der Waals surface area contributed by atoms with Crippen molar-refractivity contribution in [1.82, 2.24) is 0 Å². The number of unbranched alkanes of at least 4 members (excludes halogenated alkanes) is 8. The SMILES string of the molecule is CCCCCCCCCCCC(=O)OC(=O)[C@@H](N)CS.[NaH]. The van der Waals surface area contributed by atoms with Crippen molar-refractivity contribution >= 4 is 54.1 Å². The molecule has 4 nitrogen and oxygen atoms in total. The van der Waals surface area contributed by atoms with E-state index in [0.717, 1.165) is 19.3 Å². The number of nitrogens with two attached hydrogens (primary N) is 1. The third-order valence-corrected chi connectivity index (χ3v) is 3.59. The number of carbonyl (C=O) groups excluding carboxylic acids is 2. The summed E-state index contributed by atoms with van der Waals surface area (Å²) in [6.07, 6.45) is 11.0. The first-order valence-electron chi connectivity index (χ1n) is 7.72. The molecule has 2 N–H and O–H groups in total. The minimum absolute atomic E-state index is 0. The fourth-order valence-corrected chi connectivity index (χ4v) is 2.04. The van der Waals surface area contributed by atoms with Gasteiger partial charge >= 0.3 is 41.5 Å². The molecule has 21 heavy (non-hydrogen) atoms. The van der Waals surface area contributed by atoms with Crippen LogP contribution in [0.5, 0.6) is 0 Å². The van der Waals surface area contributed by atoms with Crippen molar-refractivity contribution in [2.45, 2.75) is 77.2 Å². The van der Waals surface area contributed by atoms with Crippen LogP contribution in [-0.4, -0.2) is 53.3 Å². The summed E-state index contributed by atoms with van der Waals surface area (Å²) in [6, 6.07) is -0.814. The third kappa shape index (κ3) is 15.1. The molecule has 0 aromatic heterocycles. The number of hydrogen-bond acceptors (Lipinski definition) is 5. The summed E-state index contributed by atoms with van der Waals surface area (Å²) in [5.74, 6) is -0.972. The number of carbonyl (C=O) groups is 2. The molecule has 0 aromatic carbocycles. The molecule has 0 heterocycles. The van der Waals surface area contributed by atoms with E-state index >= 15 is 0 Å². The Morgan fingerprint density at radius 3 is 1.95 bits per heavy atom. The van der Waals surface area contributed by atoms with Gasteiger partial charge in [-0.25, -0.2) is 4.79 Å². The Morgan fingerprint density at radius 2 is 1.48 bits per heavy atom. The summed E-state index contributed by atoms with van der Waals surface area (Å²) in [4.78, 5) is 22.6. The Morgan fingerprint density at radius 1 is 1.00 bits per heavy atom. The van der Waals surface area contributed by atoms with Gasteiger partial charge in [0.1, 0.15) is 6.04 Å². The van der Waals surface area contributed by atoms with Gasteiger partial charge in [-0.3, -0.25) is 4.79 Å². The standard InChI is InChI=1S/C15H29NO3S.Na.H/c1-2-3-4-5-6-7-8-9-10-11-14(17)19-15(18)13(16)12-20;;/h13,20H,2-12,16H2,1H3;;/t13-;;/m0../s1. The molecule has 0 amide bonds. The molecule has 0 saturated carbocycles. The maximum absolute atomic E-state index is 11.4. The monoisotopic (exact) mass is 327 g/mol. The number of esters is 2. The molecular formula is C15H30NNaO3S. The molecule has 0 aliphatic rings. The van der Waals surface area contributed by atoms with Crippen LogP contribution >= 0.6 is 12.6 Å². The Labute approximate surface area is 156 Å². The average Bonchev–Trinajstić information content (AvgIpc) is 2.44. The van der Waals surface area contributed by atoms with Crippen LogP contribution in [0.2, 0.25) is 0 Å². The Balaban J connectivity index is 0. The fourth-order valence-electron chi connectivity index (χ4n) is 1.89. The molecule has 0 aromatic rings. The van der Waals surface area contributed by atoms with E-state index in [-0.39, 0.29) is 35.3 Å². The molecule has 120 valence electrons. The first-order valence-corrected chi connectivity index (χ1v) is 8.36. The van der Waals surface area contributed by atoms with Gasteiger partial charge in [-0.05, 0) is 6.42 Å². The zero-order valence-electron chi connectivity index (χ0n) is 12.6. The number of thiol groups is 1. The molecule has 1 atom stereocenters. The average molecular weight is 327 g/mol. The van der Waals surface area contributed by atoms with Crippen LogP contribution in [0.4, 0.5) is 0 Å². The van der Waals surface area contributed by atoms with Gasteiger partial charge in [-0.1, -0.05) is 58.3 Å². The second-order valence-corrected chi connectivity index (χ2v) is 5.53. The molecule has 0 radical (unpaired) electrons. The van der Waals surface area contributed by atoms with Crippen LogP contribution in [0.15, 0.2) is 0 Å². The van der Waals surface area contributed by atoms with Gasteiger partial charge < -0.3 is 10.5 Å². The third-order valence-electron chi connectivity index (χ3n) is 3.20. The summed E-state index contributed by atoms with van der Waals surface area (Å²) in [6.45, 7) is 2.22. The van der Waals surface area contributed by atoms with Crippen molar-refractivity contribution in [3.05, 3.63) is 0 Å².